The van der Waals surface area contributed by atoms with Gasteiger partial charge in [-0.2, -0.15) is 5.26 Å². The van der Waals surface area contributed by atoms with Crippen LogP contribution in [0.5, 0.6) is 0 Å². The fraction of sp³-hybridized carbons (Fsp3) is 0.235. The second kappa shape index (κ2) is 6.49. The molecular weight excluding hydrogens is 267 g/mol. The molecule has 0 heterocycles. The van der Waals surface area contributed by atoms with Crippen molar-refractivity contribution in [1.29, 1.82) is 5.26 Å². The van der Waals surface area contributed by atoms with Crippen molar-refractivity contribution in [2.24, 2.45) is 0 Å². The summed E-state index contributed by atoms with van der Waals surface area (Å²) < 4.78 is 12.9. The van der Waals surface area contributed by atoms with Crippen molar-refractivity contribution in [3.05, 3.63) is 71.0 Å². The largest absolute Gasteiger partial charge is 0.384 e. The van der Waals surface area contributed by atoms with E-state index in [0.717, 1.165) is 5.56 Å². The zero-order valence-corrected chi connectivity index (χ0v) is 11.8. The van der Waals surface area contributed by atoms with Crippen LogP contribution < -0.4 is 5.32 Å². The molecule has 0 saturated carbocycles. The lowest BCUT2D eigenvalue weighted by Crippen LogP contribution is -2.35. The van der Waals surface area contributed by atoms with E-state index >= 15 is 0 Å². The van der Waals surface area contributed by atoms with Gasteiger partial charge in [0.25, 0.3) is 0 Å². The number of hydrogen-bond donors (Lipinski definition) is 2. The molecule has 1 unspecified atom stereocenters. The van der Waals surface area contributed by atoms with Gasteiger partial charge in [-0.25, -0.2) is 4.39 Å². The highest BCUT2D eigenvalue weighted by atomic mass is 19.1. The average Bonchev–Trinajstić information content (AvgIpc) is 2.48. The van der Waals surface area contributed by atoms with Crippen LogP contribution in [0, 0.1) is 17.1 Å². The molecule has 0 fully saturated rings. The van der Waals surface area contributed by atoms with Gasteiger partial charge >= 0.3 is 0 Å². The molecule has 3 nitrogen and oxygen atoms in total. The zero-order chi connectivity index (χ0) is 15.3. The first kappa shape index (κ1) is 15.2. The summed E-state index contributed by atoms with van der Waals surface area (Å²) in [5, 5.41) is 22.4. The molecule has 0 bridgehead atoms. The number of nitrogens with zero attached hydrogens (tertiary/aromatic N) is 1. The molecule has 2 aromatic rings. The summed E-state index contributed by atoms with van der Waals surface area (Å²) in [4.78, 5) is 0. The minimum absolute atomic E-state index is 0.323. The lowest BCUT2D eigenvalue weighted by molar-refractivity contribution is 0.0566. The third-order valence-corrected chi connectivity index (χ3v) is 3.32. The van der Waals surface area contributed by atoms with Crippen molar-refractivity contribution in [2.45, 2.75) is 19.1 Å². The molecular formula is C17H17FN2O. The number of nitrogens with one attached hydrogen (secondary N) is 1. The van der Waals surface area contributed by atoms with Crippen molar-refractivity contribution in [1.82, 2.24) is 5.32 Å². The highest BCUT2D eigenvalue weighted by Crippen LogP contribution is 2.20. The summed E-state index contributed by atoms with van der Waals surface area (Å²) in [7, 11) is 0. The van der Waals surface area contributed by atoms with Gasteiger partial charge in [-0.3, -0.25) is 0 Å². The average molecular weight is 284 g/mol. The number of aliphatic hydroxyl groups is 1. The van der Waals surface area contributed by atoms with Crippen molar-refractivity contribution in [3.63, 3.8) is 0 Å². The Bertz CT molecular complexity index is 645. The maximum atomic E-state index is 12.9. The number of benzene rings is 2. The Morgan fingerprint density at radius 2 is 1.95 bits per heavy atom. The van der Waals surface area contributed by atoms with Crippen LogP contribution in [0.3, 0.4) is 0 Å². The quantitative estimate of drug-likeness (QED) is 0.887. The molecule has 1 atom stereocenters. The lowest BCUT2D eigenvalue weighted by Gasteiger charge is -2.24. The molecule has 0 aromatic heterocycles. The van der Waals surface area contributed by atoms with Gasteiger partial charge in [-0.05, 0) is 42.3 Å². The number of rotatable bonds is 5. The van der Waals surface area contributed by atoms with Crippen LogP contribution in [-0.2, 0) is 12.1 Å². The first-order valence-electron chi connectivity index (χ1n) is 6.69. The van der Waals surface area contributed by atoms with E-state index in [4.69, 9.17) is 5.26 Å². The van der Waals surface area contributed by atoms with Gasteiger partial charge in [0.05, 0.1) is 17.2 Å². The molecule has 0 aliphatic heterocycles. The summed E-state index contributed by atoms with van der Waals surface area (Å²) in [5.41, 5.74) is 1.16. The van der Waals surface area contributed by atoms with Crippen LogP contribution in [0.25, 0.3) is 0 Å². The minimum atomic E-state index is -1.08. The normalized spacial score (nSPS) is 13.4. The van der Waals surface area contributed by atoms with Crippen LogP contribution in [-0.4, -0.2) is 11.7 Å². The lowest BCUT2D eigenvalue weighted by atomic mass is 9.96. The van der Waals surface area contributed by atoms with Gasteiger partial charge in [0.2, 0.25) is 0 Å². The van der Waals surface area contributed by atoms with E-state index in [0.29, 0.717) is 24.2 Å². The topological polar surface area (TPSA) is 56.0 Å². The van der Waals surface area contributed by atoms with Crippen LogP contribution in [0.4, 0.5) is 4.39 Å². The Hall–Kier alpha value is -2.22. The van der Waals surface area contributed by atoms with E-state index in [1.807, 2.05) is 12.1 Å². The van der Waals surface area contributed by atoms with Crippen LogP contribution in [0.15, 0.2) is 48.5 Å². The molecule has 108 valence electrons. The summed E-state index contributed by atoms with van der Waals surface area (Å²) >= 11 is 0. The number of nitriles is 1. The summed E-state index contributed by atoms with van der Waals surface area (Å²) in [6.07, 6.45) is 0. The third kappa shape index (κ3) is 4.12. The van der Waals surface area contributed by atoms with E-state index in [2.05, 4.69) is 11.4 Å². The third-order valence-electron chi connectivity index (χ3n) is 3.32. The Morgan fingerprint density at radius 3 is 2.62 bits per heavy atom. The monoisotopic (exact) mass is 284 g/mol. The highest BCUT2D eigenvalue weighted by Gasteiger charge is 2.22. The molecule has 4 heteroatoms. The molecule has 21 heavy (non-hydrogen) atoms. The number of hydrogen-bond acceptors (Lipinski definition) is 3. The molecule has 0 amide bonds. The SMILES string of the molecule is CC(O)(CNCc1cccc(C#N)c1)c1ccc(F)cc1. The summed E-state index contributed by atoms with van der Waals surface area (Å²) in [6.45, 7) is 2.56. The predicted molar refractivity (Wildman–Crippen MR) is 78.8 cm³/mol. The molecule has 2 aromatic carbocycles. The molecule has 0 aliphatic carbocycles. The molecule has 0 radical (unpaired) electrons. The fourth-order valence-electron chi connectivity index (χ4n) is 2.11. The maximum Gasteiger partial charge on any atom is 0.123 e. The first-order chi connectivity index (χ1) is 10.0. The molecule has 0 spiro atoms. The van der Waals surface area contributed by atoms with E-state index in [1.165, 1.54) is 12.1 Å². The molecule has 0 aliphatic rings. The second-order valence-electron chi connectivity index (χ2n) is 5.20. The number of halogens is 1. The van der Waals surface area contributed by atoms with Gasteiger partial charge < -0.3 is 10.4 Å². The van der Waals surface area contributed by atoms with Gasteiger partial charge in [0.1, 0.15) is 5.82 Å². The molecule has 0 saturated heterocycles. The van der Waals surface area contributed by atoms with Crippen LogP contribution >= 0.6 is 0 Å². The first-order valence-corrected chi connectivity index (χ1v) is 6.69. The Morgan fingerprint density at radius 1 is 1.24 bits per heavy atom. The van der Waals surface area contributed by atoms with Gasteiger partial charge in [0, 0.05) is 13.1 Å². The zero-order valence-electron chi connectivity index (χ0n) is 11.8. The Balaban J connectivity index is 1.95. The fourth-order valence-corrected chi connectivity index (χ4v) is 2.11. The van der Waals surface area contributed by atoms with Crippen molar-refractivity contribution >= 4 is 0 Å². The van der Waals surface area contributed by atoms with Crippen molar-refractivity contribution in [3.8, 4) is 6.07 Å². The minimum Gasteiger partial charge on any atom is -0.384 e. The van der Waals surface area contributed by atoms with Gasteiger partial charge in [-0.15, -0.1) is 0 Å². The standard InChI is InChI=1S/C17H17FN2O/c1-17(21,15-5-7-16(18)8-6-15)12-20-11-14-4-2-3-13(9-14)10-19/h2-9,20-21H,11-12H2,1H3. The van der Waals surface area contributed by atoms with E-state index < -0.39 is 5.60 Å². The van der Waals surface area contributed by atoms with Crippen LogP contribution in [0.2, 0.25) is 0 Å². The Kier molecular flexibility index (Phi) is 4.69. The summed E-state index contributed by atoms with van der Waals surface area (Å²) in [5.74, 6) is -0.323. The molecule has 2 rings (SSSR count). The predicted octanol–water partition coefficient (Wildman–Crippen LogP) is 2.69. The Labute approximate surface area is 123 Å². The van der Waals surface area contributed by atoms with E-state index in [9.17, 15) is 9.50 Å². The van der Waals surface area contributed by atoms with E-state index in [1.54, 1.807) is 31.2 Å². The van der Waals surface area contributed by atoms with Crippen LogP contribution in [0.1, 0.15) is 23.6 Å². The van der Waals surface area contributed by atoms with Gasteiger partial charge in [-0.1, -0.05) is 24.3 Å². The van der Waals surface area contributed by atoms with E-state index in [-0.39, 0.29) is 5.82 Å². The van der Waals surface area contributed by atoms with Gasteiger partial charge in [0.15, 0.2) is 0 Å². The summed E-state index contributed by atoms with van der Waals surface area (Å²) in [6, 6.07) is 15.2. The van der Waals surface area contributed by atoms with Crippen molar-refractivity contribution in [2.75, 3.05) is 6.54 Å². The highest BCUT2D eigenvalue weighted by molar-refractivity contribution is 5.32. The van der Waals surface area contributed by atoms with Crippen molar-refractivity contribution < 1.29 is 9.50 Å². The molecule has 2 N–H and O–H groups in total. The maximum absolute atomic E-state index is 12.9. The second-order valence-corrected chi connectivity index (χ2v) is 5.20. The smallest absolute Gasteiger partial charge is 0.123 e.